The Bertz CT molecular complexity index is 861. The summed E-state index contributed by atoms with van der Waals surface area (Å²) in [7, 11) is 0. The van der Waals surface area contributed by atoms with Crippen LogP contribution in [0, 0.1) is 0 Å². The number of nitrogens with two attached hydrogens (primary N) is 1. The Morgan fingerprint density at radius 2 is 1.50 bits per heavy atom. The van der Waals surface area contributed by atoms with E-state index >= 15 is 0 Å². The maximum Gasteiger partial charge on any atom is 0.252 e. The zero-order chi connectivity index (χ0) is 19.5. The lowest BCUT2D eigenvalue weighted by atomic mass is 10.1. The Labute approximate surface area is 163 Å². The van der Waals surface area contributed by atoms with Crippen LogP contribution < -0.4 is 20.9 Å². The normalized spacial score (nSPS) is 17.0. The summed E-state index contributed by atoms with van der Waals surface area (Å²) >= 11 is 0. The molecule has 0 atom stereocenters. The number of benzene rings is 1. The molecule has 1 aromatic carbocycles. The van der Waals surface area contributed by atoms with Gasteiger partial charge in [0.25, 0.3) is 5.91 Å². The molecule has 28 heavy (non-hydrogen) atoms. The lowest BCUT2D eigenvalue weighted by Crippen LogP contribution is -2.32. The number of amides is 1. The molecule has 9 heteroatoms. The van der Waals surface area contributed by atoms with Gasteiger partial charge in [0, 0.05) is 37.9 Å². The van der Waals surface area contributed by atoms with Crippen molar-refractivity contribution in [2.45, 2.75) is 32.1 Å². The number of nitrogens with one attached hydrogen (secondary N) is 1. The van der Waals surface area contributed by atoms with E-state index in [1.807, 2.05) is 0 Å². The summed E-state index contributed by atoms with van der Waals surface area (Å²) in [5.41, 5.74) is 5.90. The van der Waals surface area contributed by atoms with Gasteiger partial charge in [0.2, 0.25) is 17.8 Å². The smallest absolute Gasteiger partial charge is 0.252 e. The van der Waals surface area contributed by atoms with Crippen molar-refractivity contribution < 1.29 is 9.90 Å². The molecular weight excluding hydrogens is 358 g/mol. The third kappa shape index (κ3) is 3.92. The van der Waals surface area contributed by atoms with Crippen LogP contribution in [0.3, 0.4) is 0 Å². The molecule has 0 saturated carbocycles. The maximum absolute atomic E-state index is 11.3. The Kier molecular flexibility index (Phi) is 5.14. The van der Waals surface area contributed by atoms with E-state index in [-0.39, 0.29) is 11.3 Å². The summed E-state index contributed by atoms with van der Waals surface area (Å²) < 4.78 is 0. The largest absolute Gasteiger partial charge is 0.507 e. The second kappa shape index (κ2) is 7.87. The molecule has 0 spiro atoms. The van der Waals surface area contributed by atoms with E-state index in [1.54, 1.807) is 6.07 Å². The van der Waals surface area contributed by atoms with Gasteiger partial charge in [0.05, 0.1) is 5.56 Å². The van der Waals surface area contributed by atoms with Gasteiger partial charge in [-0.3, -0.25) is 4.79 Å². The van der Waals surface area contributed by atoms with Crippen molar-refractivity contribution in [3.8, 4) is 5.75 Å². The van der Waals surface area contributed by atoms with Crippen LogP contribution in [0.2, 0.25) is 0 Å². The van der Waals surface area contributed by atoms with Crippen molar-refractivity contribution >= 4 is 29.4 Å². The van der Waals surface area contributed by atoms with E-state index in [1.165, 1.54) is 18.6 Å². The summed E-state index contributed by atoms with van der Waals surface area (Å²) in [6.45, 7) is 3.77. The SMILES string of the molecule is NC(=O)c1ccc(Nc2nc(N3CCCCC3)nc(N3CCCC3)n2)cc1O. The number of nitrogens with zero attached hydrogens (tertiary/aromatic N) is 5. The predicted molar refractivity (Wildman–Crippen MR) is 107 cm³/mol. The summed E-state index contributed by atoms with van der Waals surface area (Å²) in [5.74, 6) is 0.921. The van der Waals surface area contributed by atoms with Crippen molar-refractivity contribution in [2.24, 2.45) is 5.73 Å². The van der Waals surface area contributed by atoms with Gasteiger partial charge >= 0.3 is 0 Å². The van der Waals surface area contributed by atoms with E-state index in [0.29, 0.717) is 23.5 Å². The van der Waals surface area contributed by atoms with E-state index in [0.717, 1.165) is 51.9 Å². The number of carbonyl (C=O) groups excluding carboxylic acids is 1. The molecule has 0 radical (unpaired) electrons. The van der Waals surface area contributed by atoms with Gasteiger partial charge in [-0.05, 0) is 44.2 Å². The molecular formula is C19H25N7O2. The highest BCUT2D eigenvalue weighted by Crippen LogP contribution is 2.26. The predicted octanol–water partition coefficient (Wildman–Crippen LogP) is 2.01. The number of phenols is 1. The third-order valence-corrected chi connectivity index (χ3v) is 5.16. The monoisotopic (exact) mass is 383 g/mol. The lowest BCUT2D eigenvalue weighted by Gasteiger charge is -2.27. The van der Waals surface area contributed by atoms with Crippen LogP contribution in [-0.2, 0) is 0 Å². The van der Waals surface area contributed by atoms with E-state index < -0.39 is 5.91 Å². The molecule has 2 aliphatic rings. The fourth-order valence-corrected chi connectivity index (χ4v) is 3.65. The van der Waals surface area contributed by atoms with E-state index in [4.69, 9.17) is 10.7 Å². The van der Waals surface area contributed by atoms with Gasteiger partial charge in [-0.1, -0.05) is 0 Å². The maximum atomic E-state index is 11.3. The van der Waals surface area contributed by atoms with Crippen molar-refractivity contribution in [3.05, 3.63) is 23.8 Å². The van der Waals surface area contributed by atoms with E-state index in [2.05, 4.69) is 25.1 Å². The number of hydrogen-bond donors (Lipinski definition) is 3. The van der Waals surface area contributed by atoms with Crippen LogP contribution in [0.5, 0.6) is 5.75 Å². The molecule has 4 N–H and O–H groups in total. The number of rotatable bonds is 5. The molecule has 4 rings (SSSR count). The number of anilines is 4. The fraction of sp³-hybridized carbons (Fsp3) is 0.474. The highest BCUT2D eigenvalue weighted by atomic mass is 16.3. The van der Waals surface area contributed by atoms with Crippen LogP contribution >= 0.6 is 0 Å². The Morgan fingerprint density at radius 3 is 2.04 bits per heavy atom. The van der Waals surface area contributed by atoms with Crippen molar-refractivity contribution in [3.63, 3.8) is 0 Å². The van der Waals surface area contributed by atoms with Crippen LogP contribution in [0.1, 0.15) is 42.5 Å². The first-order chi connectivity index (χ1) is 13.6. The molecule has 2 aromatic rings. The molecule has 3 heterocycles. The topological polar surface area (TPSA) is 120 Å². The quantitative estimate of drug-likeness (QED) is 0.717. The first-order valence-corrected chi connectivity index (χ1v) is 9.76. The molecule has 1 amide bonds. The summed E-state index contributed by atoms with van der Waals surface area (Å²) in [6, 6.07) is 4.59. The third-order valence-electron chi connectivity index (χ3n) is 5.16. The zero-order valence-corrected chi connectivity index (χ0v) is 15.8. The molecule has 2 aliphatic heterocycles. The second-order valence-corrected chi connectivity index (χ2v) is 7.22. The number of hydrogen-bond acceptors (Lipinski definition) is 8. The average molecular weight is 383 g/mol. The number of piperidine rings is 1. The van der Waals surface area contributed by atoms with Gasteiger partial charge in [0.1, 0.15) is 5.75 Å². The highest BCUT2D eigenvalue weighted by Gasteiger charge is 2.21. The Hall–Kier alpha value is -3.10. The standard InChI is InChI=1S/C19H25N7O2/c20-16(28)14-7-6-13(12-15(14)27)21-17-22-18(25-8-2-1-3-9-25)24-19(23-17)26-10-4-5-11-26/h6-7,12,27H,1-5,8-11H2,(H2,20,28)(H,21,22,23,24). The minimum Gasteiger partial charge on any atom is -0.507 e. The highest BCUT2D eigenvalue weighted by molar-refractivity contribution is 5.96. The second-order valence-electron chi connectivity index (χ2n) is 7.22. The number of carbonyl (C=O) groups is 1. The van der Waals surface area contributed by atoms with Crippen molar-refractivity contribution in [1.82, 2.24) is 15.0 Å². The van der Waals surface area contributed by atoms with Crippen LogP contribution in [-0.4, -0.2) is 52.1 Å². The first kappa shape index (κ1) is 18.3. The van der Waals surface area contributed by atoms with Crippen molar-refractivity contribution in [2.75, 3.05) is 41.3 Å². The van der Waals surface area contributed by atoms with Gasteiger partial charge in [-0.15, -0.1) is 0 Å². The molecule has 148 valence electrons. The lowest BCUT2D eigenvalue weighted by molar-refractivity contribution is 0.0998. The van der Waals surface area contributed by atoms with Crippen LogP contribution in [0.25, 0.3) is 0 Å². The van der Waals surface area contributed by atoms with E-state index in [9.17, 15) is 9.90 Å². The van der Waals surface area contributed by atoms with Crippen molar-refractivity contribution in [1.29, 1.82) is 0 Å². The molecule has 0 aliphatic carbocycles. The van der Waals surface area contributed by atoms with Gasteiger partial charge in [0.15, 0.2) is 0 Å². The summed E-state index contributed by atoms with van der Waals surface area (Å²) in [6.07, 6.45) is 5.77. The van der Waals surface area contributed by atoms with Gasteiger partial charge in [-0.25, -0.2) is 0 Å². The Morgan fingerprint density at radius 1 is 0.929 bits per heavy atom. The Balaban J connectivity index is 1.64. The zero-order valence-electron chi connectivity index (χ0n) is 15.8. The molecule has 0 bridgehead atoms. The molecule has 1 aromatic heterocycles. The number of aromatic nitrogens is 3. The summed E-state index contributed by atoms with van der Waals surface area (Å²) in [4.78, 5) is 29.6. The fourth-order valence-electron chi connectivity index (χ4n) is 3.65. The number of primary amides is 1. The molecule has 2 saturated heterocycles. The van der Waals surface area contributed by atoms with Crippen LogP contribution in [0.15, 0.2) is 18.2 Å². The van der Waals surface area contributed by atoms with Gasteiger partial charge < -0.3 is 26.0 Å². The van der Waals surface area contributed by atoms with Gasteiger partial charge in [-0.2, -0.15) is 15.0 Å². The molecule has 0 unspecified atom stereocenters. The average Bonchev–Trinajstić information content (AvgIpc) is 3.23. The van der Waals surface area contributed by atoms with Crippen LogP contribution in [0.4, 0.5) is 23.5 Å². The first-order valence-electron chi connectivity index (χ1n) is 9.76. The molecule has 2 fully saturated rings. The number of aromatic hydroxyl groups is 1. The molecule has 9 nitrogen and oxygen atoms in total. The minimum absolute atomic E-state index is 0.0768. The summed E-state index contributed by atoms with van der Waals surface area (Å²) in [5, 5.41) is 13.1. The minimum atomic E-state index is -0.673.